The van der Waals surface area contributed by atoms with Crippen LogP contribution in [0.3, 0.4) is 0 Å². The number of rotatable bonds is 7. The third-order valence-corrected chi connectivity index (χ3v) is 5.68. The third-order valence-electron chi connectivity index (χ3n) is 4.69. The van der Waals surface area contributed by atoms with Crippen molar-refractivity contribution in [2.45, 2.75) is 31.2 Å². The number of methoxy groups -OCH3 is 3. The van der Waals surface area contributed by atoms with E-state index >= 15 is 0 Å². The van der Waals surface area contributed by atoms with Crippen LogP contribution >= 0.6 is 0 Å². The molecule has 0 bridgehead atoms. The summed E-state index contributed by atoms with van der Waals surface area (Å²) in [7, 11) is -2.19. The Morgan fingerprint density at radius 3 is 1.53 bits per heavy atom. The van der Waals surface area contributed by atoms with Gasteiger partial charge in [0, 0.05) is 5.57 Å². The van der Waals surface area contributed by atoms with E-state index in [9.17, 15) is 36.0 Å². The zero-order valence-corrected chi connectivity index (χ0v) is 17.3. The lowest BCUT2D eigenvalue weighted by Crippen LogP contribution is -2.29. The highest BCUT2D eigenvalue weighted by atomic mass is 32.2. The van der Waals surface area contributed by atoms with Gasteiger partial charge in [-0.1, -0.05) is 13.2 Å². The molecular weight excluding hydrogens is 437 g/mol. The first-order valence-electron chi connectivity index (χ1n) is 8.30. The lowest BCUT2D eigenvalue weighted by molar-refractivity contribution is -0.148. The molecule has 2 aliphatic carbocycles. The Morgan fingerprint density at radius 2 is 1.23 bits per heavy atom. The van der Waals surface area contributed by atoms with Crippen LogP contribution in [0, 0.1) is 10.8 Å². The van der Waals surface area contributed by atoms with E-state index in [4.69, 9.17) is 0 Å². The predicted octanol–water partition coefficient (Wildman–Crippen LogP) is 1.99. The Bertz CT molecular complexity index is 850. The zero-order valence-electron chi connectivity index (χ0n) is 16.5. The molecule has 0 aromatic heterocycles. The van der Waals surface area contributed by atoms with Crippen molar-refractivity contribution in [3.8, 4) is 0 Å². The summed E-state index contributed by atoms with van der Waals surface area (Å²) < 4.78 is 74.6. The van der Waals surface area contributed by atoms with Crippen LogP contribution in [0.4, 0.5) is 13.2 Å². The molecular formula is C17H21F3O9S. The van der Waals surface area contributed by atoms with Gasteiger partial charge in [-0.3, -0.25) is 9.59 Å². The van der Waals surface area contributed by atoms with Crippen molar-refractivity contribution in [1.82, 2.24) is 0 Å². The summed E-state index contributed by atoms with van der Waals surface area (Å²) in [6.07, 6.45) is 1.53. The fourth-order valence-corrected chi connectivity index (χ4v) is 2.96. The van der Waals surface area contributed by atoms with Gasteiger partial charge in [-0.05, 0) is 25.7 Å². The van der Waals surface area contributed by atoms with Crippen molar-refractivity contribution in [2.24, 2.45) is 10.8 Å². The van der Waals surface area contributed by atoms with Crippen LogP contribution in [-0.2, 0) is 42.9 Å². The van der Waals surface area contributed by atoms with Crippen LogP contribution < -0.4 is 0 Å². The molecule has 0 aromatic carbocycles. The van der Waals surface area contributed by atoms with Gasteiger partial charge < -0.3 is 18.4 Å². The highest BCUT2D eigenvalue weighted by Gasteiger charge is 2.59. The van der Waals surface area contributed by atoms with E-state index in [0.29, 0.717) is 12.8 Å². The van der Waals surface area contributed by atoms with E-state index in [-0.39, 0.29) is 18.4 Å². The second-order valence-corrected chi connectivity index (χ2v) is 8.06. The van der Waals surface area contributed by atoms with Gasteiger partial charge in [0.15, 0.2) is 0 Å². The van der Waals surface area contributed by atoms with Gasteiger partial charge in [-0.2, -0.15) is 21.6 Å². The number of alkyl halides is 3. The van der Waals surface area contributed by atoms with Crippen LogP contribution in [0.25, 0.3) is 0 Å². The lowest BCUT2D eigenvalue weighted by Gasteiger charge is -2.17. The minimum absolute atomic E-state index is 0.145. The van der Waals surface area contributed by atoms with Gasteiger partial charge >= 0.3 is 33.5 Å². The zero-order chi connectivity index (χ0) is 23.5. The molecule has 0 aromatic rings. The molecule has 0 saturated heterocycles. The molecule has 0 radical (unpaired) electrons. The van der Waals surface area contributed by atoms with Gasteiger partial charge in [0.2, 0.25) is 0 Å². The smallest absolute Gasteiger partial charge is 0.468 e. The molecule has 2 saturated carbocycles. The highest BCUT2D eigenvalue weighted by molar-refractivity contribution is 7.87. The largest absolute Gasteiger partial charge is 0.534 e. The molecule has 30 heavy (non-hydrogen) atoms. The molecule has 0 N–H and O–H groups in total. The van der Waals surface area contributed by atoms with Crippen LogP contribution in [0.1, 0.15) is 25.7 Å². The number of ether oxygens (including phenoxy) is 3. The summed E-state index contributed by atoms with van der Waals surface area (Å²) in [6, 6.07) is 0. The van der Waals surface area contributed by atoms with Gasteiger partial charge in [0.1, 0.15) is 11.2 Å². The average molecular weight is 458 g/mol. The van der Waals surface area contributed by atoms with Crippen molar-refractivity contribution in [3.63, 3.8) is 0 Å². The monoisotopic (exact) mass is 458 g/mol. The summed E-state index contributed by atoms with van der Waals surface area (Å²) in [4.78, 5) is 33.6. The van der Waals surface area contributed by atoms with Gasteiger partial charge in [-0.25, -0.2) is 4.79 Å². The number of hydrogen-bond acceptors (Lipinski definition) is 9. The molecule has 2 rings (SSSR count). The Labute approximate surface area is 170 Å². The highest BCUT2D eigenvalue weighted by Crippen LogP contribution is 2.54. The number of esters is 3. The molecule has 0 heterocycles. The molecule has 9 nitrogen and oxygen atoms in total. The molecule has 2 fully saturated rings. The van der Waals surface area contributed by atoms with Crippen LogP contribution in [0.5, 0.6) is 0 Å². The first kappa shape index (κ1) is 25.5. The maximum absolute atomic E-state index is 12.0. The Morgan fingerprint density at radius 1 is 0.833 bits per heavy atom. The molecule has 0 spiro atoms. The maximum Gasteiger partial charge on any atom is 0.534 e. The van der Waals surface area contributed by atoms with Gasteiger partial charge in [0.25, 0.3) is 0 Å². The summed E-state index contributed by atoms with van der Waals surface area (Å²) in [5.41, 5.74) is -7.61. The number of hydrogen-bond donors (Lipinski definition) is 0. The normalized spacial score (nSPS) is 17.9. The van der Waals surface area contributed by atoms with Crippen molar-refractivity contribution in [1.29, 1.82) is 0 Å². The molecule has 13 heteroatoms. The van der Waals surface area contributed by atoms with Crippen molar-refractivity contribution in [3.05, 3.63) is 24.5 Å². The fourth-order valence-electron chi connectivity index (χ4n) is 2.44. The van der Waals surface area contributed by atoms with E-state index in [0.717, 1.165) is 7.11 Å². The van der Waals surface area contributed by atoms with E-state index in [1.165, 1.54) is 14.2 Å². The minimum Gasteiger partial charge on any atom is -0.468 e. The van der Waals surface area contributed by atoms with E-state index < -0.39 is 50.1 Å². The Kier molecular flexibility index (Phi) is 7.35. The van der Waals surface area contributed by atoms with Crippen LogP contribution in [0.2, 0.25) is 0 Å². The minimum atomic E-state index is -5.79. The quantitative estimate of drug-likeness (QED) is 0.141. The van der Waals surface area contributed by atoms with Crippen molar-refractivity contribution < 1.29 is 54.4 Å². The third kappa shape index (κ3) is 4.94. The van der Waals surface area contributed by atoms with E-state index in [1.807, 2.05) is 0 Å². The van der Waals surface area contributed by atoms with Crippen molar-refractivity contribution in [2.75, 3.05) is 21.3 Å². The first-order chi connectivity index (χ1) is 13.6. The van der Waals surface area contributed by atoms with Crippen LogP contribution in [0.15, 0.2) is 24.5 Å². The number of halogens is 3. The SMILES string of the molecule is C=C(C(=O)OC)C1(C(=O)OC)CC1.C=C(OS(=O)(=O)C(F)(F)F)C1(C(=O)OC)CC1. The van der Waals surface area contributed by atoms with Crippen LogP contribution in [-0.4, -0.2) is 53.2 Å². The fraction of sp³-hybridized carbons (Fsp3) is 0.588. The second kappa shape index (κ2) is 8.66. The Balaban J connectivity index is 0.000000311. The molecule has 0 aliphatic heterocycles. The lowest BCUT2D eigenvalue weighted by atomic mass is 9.98. The molecule has 0 unspecified atom stereocenters. The molecule has 0 amide bonds. The first-order valence-corrected chi connectivity index (χ1v) is 9.70. The standard InChI is InChI=1S/C9H12O4.C8H9F3O5S/c1-6(7(10)12-2)9(4-5-9)8(11)13-3;1-5(7(3-4-7)6(12)15-2)16-17(13,14)8(9,10)11/h1,4-5H2,2-3H3;1,3-4H2,2H3. The van der Waals surface area contributed by atoms with E-state index in [2.05, 4.69) is 31.6 Å². The molecule has 170 valence electrons. The topological polar surface area (TPSA) is 122 Å². The summed E-state index contributed by atoms with van der Waals surface area (Å²) >= 11 is 0. The second-order valence-electron chi connectivity index (χ2n) is 6.52. The maximum atomic E-state index is 12.0. The van der Waals surface area contributed by atoms with Crippen molar-refractivity contribution >= 4 is 28.0 Å². The van der Waals surface area contributed by atoms with E-state index in [1.54, 1.807) is 0 Å². The average Bonchev–Trinajstić information content (AvgIpc) is 3.58. The van der Waals surface area contributed by atoms with Gasteiger partial charge in [-0.15, -0.1) is 0 Å². The van der Waals surface area contributed by atoms with Gasteiger partial charge in [0.05, 0.1) is 26.7 Å². The predicted molar refractivity (Wildman–Crippen MR) is 93.7 cm³/mol. The number of carbonyl (C=O) groups is 3. The summed E-state index contributed by atoms with van der Waals surface area (Å²) in [5, 5.41) is 0. The number of carbonyl (C=O) groups excluding carboxylic acids is 3. The Hall–Kier alpha value is -2.57. The summed E-state index contributed by atoms with van der Waals surface area (Å²) in [6.45, 7) is 6.61. The molecule has 0 atom stereocenters. The molecule has 2 aliphatic rings. The summed E-state index contributed by atoms with van der Waals surface area (Å²) in [5.74, 6) is -2.56.